The Labute approximate surface area is 84.0 Å². The van der Waals surface area contributed by atoms with Crippen molar-refractivity contribution in [1.82, 2.24) is 0 Å². The molecule has 0 saturated heterocycles. The van der Waals surface area contributed by atoms with Gasteiger partial charge in [-0.3, -0.25) is 15.3 Å². The van der Waals surface area contributed by atoms with Gasteiger partial charge in [0.15, 0.2) is 0 Å². The molecule has 0 radical (unpaired) electrons. The van der Waals surface area contributed by atoms with Crippen LogP contribution in [-0.4, -0.2) is 10.1 Å². The Balaban J connectivity index is 3.31. The van der Waals surface area contributed by atoms with E-state index < -0.39 is 4.92 Å². The van der Waals surface area contributed by atoms with Gasteiger partial charge in [0.05, 0.1) is 4.92 Å². The molecule has 1 heterocycles. The van der Waals surface area contributed by atoms with Crippen LogP contribution in [-0.2, 0) is 0 Å². The van der Waals surface area contributed by atoms with Crippen LogP contribution in [0.1, 0.15) is 0 Å². The first-order valence-electron chi connectivity index (χ1n) is 2.77. The van der Waals surface area contributed by atoms with Gasteiger partial charge in [-0.1, -0.05) is 0 Å². The maximum atomic E-state index is 10.3. The molecule has 7 heteroatoms. The molecule has 0 unspecified atom stereocenters. The summed E-state index contributed by atoms with van der Waals surface area (Å²) in [7, 11) is 0. The van der Waals surface area contributed by atoms with Gasteiger partial charge in [0.25, 0.3) is 5.69 Å². The van der Waals surface area contributed by atoms with Gasteiger partial charge < -0.3 is 0 Å². The average molecular weight is 299 g/mol. The molecule has 1 N–H and O–H groups in total. The highest BCUT2D eigenvalue weighted by atomic mass is 79.9. The normalized spacial score (nSPS) is 9.83. The fourth-order valence-corrected chi connectivity index (χ4v) is 1.70. The van der Waals surface area contributed by atoms with Gasteiger partial charge in [0, 0.05) is 36.6 Å². The van der Waals surface area contributed by atoms with Gasteiger partial charge in [-0.15, -0.1) is 0 Å². The van der Waals surface area contributed by atoms with Crippen molar-refractivity contribution in [3.05, 3.63) is 31.5 Å². The number of hydrogen-bond acceptors (Lipinski definition) is 3. The highest BCUT2D eigenvalue weighted by Gasteiger charge is 2.20. The van der Waals surface area contributed by atoms with Crippen LogP contribution in [0.5, 0.6) is 0 Å². The van der Waals surface area contributed by atoms with E-state index in [4.69, 9.17) is 5.21 Å². The third-order valence-electron chi connectivity index (χ3n) is 1.15. The highest BCUT2D eigenvalue weighted by molar-refractivity contribution is 9.11. The summed E-state index contributed by atoms with van der Waals surface area (Å²) < 4.78 is 1.17. The Bertz CT molecular complexity index is 318. The number of hydrogen-bond donors (Lipinski definition) is 1. The minimum atomic E-state index is -0.546. The molecule has 12 heavy (non-hydrogen) atoms. The second-order valence-corrected chi connectivity index (χ2v) is 3.55. The predicted octanol–water partition coefficient (Wildman–Crippen LogP) is 1.64. The van der Waals surface area contributed by atoms with Crippen molar-refractivity contribution < 1.29 is 14.9 Å². The summed E-state index contributed by atoms with van der Waals surface area (Å²) >= 11 is 5.89. The Morgan fingerprint density at radius 2 is 1.83 bits per heavy atom. The van der Waals surface area contributed by atoms with E-state index in [-0.39, 0.29) is 14.9 Å². The smallest absolute Gasteiger partial charge is 0.283 e. The van der Waals surface area contributed by atoms with Gasteiger partial charge >= 0.3 is 9.21 Å². The van der Waals surface area contributed by atoms with Crippen LogP contribution < -0.4 is 4.73 Å². The summed E-state index contributed by atoms with van der Waals surface area (Å²) in [5, 5.41) is 19.4. The first kappa shape index (κ1) is 9.40. The lowest BCUT2D eigenvalue weighted by Gasteiger charge is -1.91. The third kappa shape index (κ3) is 1.72. The maximum absolute atomic E-state index is 10.3. The van der Waals surface area contributed by atoms with Gasteiger partial charge in [0.2, 0.25) is 0 Å². The van der Waals surface area contributed by atoms with Crippen molar-refractivity contribution in [2.24, 2.45) is 0 Å². The predicted molar refractivity (Wildman–Crippen MR) is 45.9 cm³/mol. The van der Waals surface area contributed by atoms with Gasteiger partial charge in [-0.25, -0.2) is 0 Å². The largest absolute Gasteiger partial charge is 0.306 e. The van der Waals surface area contributed by atoms with Crippen LogP contribution in [0.2, 0.25) is 0 Å². The molecular weight excluding hydrogens is 296 g/mol. The number of rotatable bonds is 1. The summed E-state index contributed by atoms with van der Waals surface area (Å²) in [6.45, 7) is 0. The van der Waals surface area contributed by atoms with Crippen LogP contribution in [0.25, 0.3) is 0 Å². The Morgan fingerprint density at radius 3 is 2.17 bits per heavy atom. The van der Waals surface area contributed by atoms with Crippen molar-refractivity contribution in [2.75, 3.05) is 0 Å². The summed E-state index contributed by atoms with van der Waals surface area (Å²) in [5.74, 6) is 0. The van der Waals surface area contributed by atoms with E-state index >= 15 is 0 Å². The molecule has 1 aromatic heterocycles. The Hall–Kier alpha value is -0.690. The van der Waals surface area contributed by atoms with E-state index in [0.29, 0.717) is 0 Å². The quantitative estimate of drug-likeness (QED) is 0.282. The Kier molecular flexibility index (Phi) is 2.63. The molecule has 1 rings (SSSR count). The van der Waals surface area contributed by atoms with Gasteiger partial charge in [-0.2, -0.15) is 0 Å². The number of nitro groups is 1. The third-order valence-corrected chi connectivity index (χ3v) is 2.28. The molecule has 0 aliphatic rings. The van der Waals surface area contributed by atoms with E-state index in [9.17, 15) is 10.1 Å². The molecule has 0 spiro atoms. The SMILES string of the molecule is O=[N+]([O-])c1cc(Br)[n+](O)c(Br)c1. The van der Waals surface area contributed by atoms with E-state index in [1.54, 1.807) is 0 Å². The molecule has 64 valence electrons. The fraction of sp³-hybridized carbons (Fsp3) is 0. The highest BCUT2D eigenvalue weighted by Crippen LogP contribution is 2.18. The number of pyridine rings is 1. The molecule has 0 amide bonds. The second-order valence-electron chi connectivity index (χ2n) is 1.93. The molecule has 5 nitrogen and oxygen atoms in total. The van der Waals surface area contributed by atoms with Crippen LogP contribution in [0.15, 0.2) is 21.3 Å². The summed E-state index contributed by atoms with van der Waals surface area (Å²) in [5.41, 5.74) is -0.0981. The van der Waals surface area contributed by atoms with Crippen LogP contribution in [0.3, 0.4) is 0 Å². The van der Waals surface area contributed by atoms with Crippen molar-refractivity contribution in [3.63, 3.8) is 0 Å². The number of halogens is 2. The van der Waals surface area contributed by atoms with Crippen molar-refractivity contribution in [2.45, 2.75) is 0 Å². The zero-order valence-corrected chi connectivity index (χ0v) is 8.74. The van der Waals surface area contributed by atoms with Crippen molar-refractivity contribution >= 4 is 37.5 Å². The van der Waals surface area contributed by atoms with Gasteiger partial charge in [0.1, 0.15) is 12.1 Å². The fourth-order valence-electron chi connectivity index (χ4n) is 0.615. The molecular formula is C5H3Br2N2O3+. The van der Waals surface area contributed by atoms with E-state index in [2.05, 4.69) is 31.9 Å². The molecule has 0 aromatic carbocycles. The van der Waals surface area contributed by atoms with E-state index in [0.717, 1.165) is 4.73 Å². The molecule has 0 saturated carbocycles. The van der Waals surface area contributed by atoms with Crippen LogP contribution in [0.4, 0.5) is 5.69 Å². The zero-order valence-electron chi connectivity index (χ0n) is 5.57. The van der Waals surface area contributed by atoms with Crippen molar-refractivity contribution in [1.29, 1.82) is 0 Å². The molecule has 1 aromatic rings. The van der Waals surface area contributed by atoms with Gasteiger partial charge in [-0.05, 0) is 0 Å². The zero-order chi connectivity index (χ0) is 9.30. The molecule has 0 aliphatic heterocycles. The summed E-state index contributed by atoms with van der Waals surface area (Å²) in [4.78, 5) is 9.74. The minimum absolute atomic E-state index is 0.0981. The van der Waals surface area contributed by atoms with Crippen molar-refractivity contribution in [3.8, 4) is 0 Å². The standard InChI is InChI=1S/C5H3Br2N2O3/c6-4-1-3(9(11)12)2-5(7)8(4)10/h1-2,10H/q+1. The number of nitrogens with zero attached hydrogens (tertiary/aromatic N) is 2. The summed E-state index contributed by atoms with van der Waals surface area (Å²) in [6, 6.07) is 2.40. The number of aromatic nitrogens is 1. The van der Waals surface area contributed by atoms with Crippen LogP contribution >= 0.6 is 31.9 Å². The lowest BCUT2D eigenvalue weighted by Crippen LogP contribution is -2.33. The molecule has 0 fully saturated rings. The molecule has 0 aliphatic carbocycles. The monoisotopic (exact) mass is 297 g/mol. The average Bonchev–Trinajstić information content (AvgIpc) is 1.99. The van der Waals surface area contributed by atoms with E-state index in [1.165, 1.54) is 12.1 Å². The first-order valence-corrected chi connectivity index (χ1v) is 4.35. The second kappa shape index (κ2) is 3.36. The molecule has 0 bridgehead atoms. The van der Waals surface area contributed by atoms with E-state index in [1.807, 2.05) is 0 Å². The summed E-state index contributed by atoms with van der Waals surface area (Å²) in [6.07, 6.45) is 0. The first-order chi connectivity index (χ1) is 5.52. The molecule has 0 atom stereocenters. The lowest BCUT2D eigenvalue weighted by molar-refractivity contribution is -0.921. The topological polar surface area (TPSA) is 67.2 Å². The Morgan fingerprint density at radius 1 is 1.42 bits per heavy atom. The van der Waals surface area contributed by atoms with Crippen LogP contribution in [0, 0.1) is 10.1 Å². The minimum Gasteiger partial charge on any atom is -0.283 e. The lowest BCUT2D eigenvalue weighted by atomic mass is 10.4. The maximum Gasteiger partial charge on any atom is 0.306 e.